The van der Waals surface area contributed by atoms with Gasteiger partial charge in [-0.15, -0.1) is 0 Å². The van der Waals surface area contributed by atoms with Gasteiger partial charge in [-0.3, -0.25) is 4.98 Å². The lowest BCUT2D eigenvalue weighted by Gasteiger charge is -2.20. The van der Waals surface area contributed by atoms with Crippen molar-refractivity contribution in [3.05, 3.63) is 36.0 Å². The van der Waals surface area contributed by atoms with Gasteiger partial charge in [0, 0.05) is 30.1 Å². The Bertz CT molecular complexity index is 514. The van der Waals surface area contributed by atoms with Crippen molar-refractivity contribution in [1.29, 1.82) is 0 Å². The molecule has 0 amide bonds. The van der Waals surface area contributed by atoms with Crippen LogP contribution in [0.25, 0.3) is 11.3 Å². The minimum Gasteiger partial charge on any atom is -0.346 e. The summed E-state index contributed by atoms with van der Waals surface area (Å²) in [5, 5.41) is 0. The molecule has 0 unspecified atom stereocenters. The summed E-state index contributed by atoms with van der Waals surface area (Å²) in [7, 11) is 0. The summed E-state index contributed by atoms with van der Waals surface area (Å²) < 4.78 is 0. The molecule has 4 nitrogen and oxygen atoms in total. The summed E-state index contributed by atoms with van der Waals surface area (Å²) in [5.74, 6) is 0.988. The minimum atomic E-state index is 0.0660. The summed E-state index contributed by atoms with van der Waals surface area (Å²) in [6, 6.07) is 3.95. The molecule has 96 valence electrons. The highest BCUT2D eigenvalue weighted by Gasteiger charge is 2.19. The highest BCUT2D eigenvalue weighted by Crippen LogP contribution is 2.24. The number of nitrogens with two attached hydrogens (primary N) is 1. The van der Waals surface area contributed by atoms with Crippen LogP contribution in [0, 0.1) is 12.3 Å². The SMILES string of the molecule is Cc1[nH]c(CC(C)(C)CN)nc1-c1cccnc1. The molecule has 0 fully saturated rings. The van der Waals surface area contributed by atoms with E-state index in [4.69, 9.17) is 5.73 Å². The fourth-order valence-corrected chi connectivity index (χ4v) is 1.92. The Balaban J connectivity index is 2.28. The van der Waals surface area contributed by atoms with Crippen molar-refractivity contribution in [3.63, 3.8) is 0 Å². The van der Waals surface area contributed by atoms with Gasteiger partial charge in [0.25, 0.3) is 0 Å². The first kappa shape index (κ1) is 12.8. The third-order valence-corrected chi connectivity index (χ3v) is 3.07. The van der Waals surface area contributed by atoms with Gasteiger partial charge in [0.1, 0.15) is 5.82 Å². The van der Waals surface area contributed by atoms with Crippen LogP contribution in [0.1, 0.15) is 25.4 Å². The van der Waals surface area contributed by atoms with E-state index in [1.165, 1.54) is 0 Å². The van der Waals surface area contributed by atoms with Gasteiger partial charge in [-0.1, -0.05) is 13.8 Å². The number of hydrogen-bond donors (Lipinski definition) is 2. The Hall–Kier alpha value is -1.68. The number of nitrogens with one attached hydrogen (secondary N) is 1. The van der Waals surface area contributed by atoms with Crippen molar-refractivity contribution >= 4 is 0 Å². The normalized spacial score (nSPS) is 11.8. The average Bonchev–Trinajstić information content (AvgIpc) is 2.70. The first-order valence-corrected chi connectivity index (χ1v) is 6.18. The van der Waals surface area contributed by atoms with Crippen LogP contribution < -0.4 is 5.73 Å². The number of rotatable bonds is 4. The molecule has 2 aromatic rings. The van der Waals surface area contributed by atoms with E-state index < -0.39 is 0 Å². The summed E-state index contributed by atoms with van der Waals surface area (Å²) in [4.78, 5) is 12.1. The van der Waals surface area contributed by atoms with Crippen molar-refractivity contribution in [3.8, 4) is 11.3 Å². The van der Waals surface area contributed by atoms with E-state index in [9.17, 15) is 0 Å². The zero-order chi connectivity index (χ0) is 13.2. The van der Waals surface area contributed by atoms with Crippen molar-refractivity contribution in [1.82, 2.24) is 15.0 Å². The molecular formula is C14H20N4. The molecular weight excluding hydrogens is 224 g/mol. The third-order valence-electron chi connectivity index (χ3n) is 3.07. The van der Waals surface area contributed by atoms with E-state index in [2.05, 4.69) is 28.8 Å². The summed E-state index contributed by atoms with van der Waals surface area (Å²) in [6.45, 7) is 6.98. The molecule has 18 heavy (non-hydrogen) atoms. The highest BCUT2D eigenvalue weighted by atomic mass is 14.9. The molecule has 0 spiro atoms. The standard InChI is InChI=1S/C14H20N4/c1-10-13(11-5-4-6-16-8-11)18-12(17-10)7-14(2,3)9-15/h4-6,8H,7,9,15H2,1-3H3,(H,17,18). The van der Waals surface area contributed by atoms with Crippen molar-refractivity contribution in [2.45, 2.75) is 27.2 Å². The molecule has 0 aromatic carbocycles. The van der Waals surface area contributed by atoms with Gasteiger partial charge in [-0.05, 0) is 31.0 Å². The highest BCUT2D eigenvalue weighted by molar-refractivity contribution is 5.60. The summed E-state index contributed by atoms with van der Waals surface area (Å²) in [6.07, 6.45) is 4.45. The molecule has 0 atom stereocenters. The number of aromatic nitrogens is 3. The first-order chi connectivity index (χ1) is 8.52. The van der Waals surface area contributed by atoms with Crippen molar-refractivity contribution in [2.75, 3.05) is 6.54 Å². The van der Waals surface area contributed by atoms with Gasteiger partial charge in [-0.25, -0.2) is 4.98 Å². The zero-order valence-electron chi connectivity index (χ0n) is 11.2. The van der Waals surface area contributed by atoms with Gasteiger partial charge < -0.3 is 10.7 Å². The minimum absolute atomic E-state index is 0.0660. The second-order valence-corrected chi connectivity index (χ2v) is 5.44. The Labute approximate surface area is 108 Å². The second kappa shape index (κ2) is 4.90. The van der Waals surface area contributed by atoms with E-state index in [1.54, 1.807) is 6.20 Å². The number of pyridine rings is 1. The van der Waals surface area contributed by atoms with Crippen LogP contribution in [0.15, 0.2) is 24.5 Å². The largest absolute Gasteiger partial charge is 0.346 e. The number of aryl methyl sites for hydroxylation is 1. The molecule has 0 radical (unpaired) electrons. The van der Waals surface area contributed by atoms with Gasteiger partial charge in [0.15, 0.2) is 0 Å². The number of imidazole rings is 1. The zero-order valence-corrected chi connectivity index (χ0v) is 11.2. The van der Waals surface area contributed by atoms with E-state index in [0.29, 0.717) is 6.54 Å². The van der Waals surface area contributed by atoms with Crippen LogP contribution in [0.2, 0.25) is 0 Å². The number of hydrogen-bond acceptors (Lipinski definition) is 3. The van der Waals surface area contributed by atoms with E-state index in [-0.39, 0.29) is 5.41 Å². The lowest BCUT2D eigenvalue weighted by atomic mass is 9.89. The van der Waals surface area contributed by atoms with Crippen molar-refractivity contribution < 1.29 is 0 Å². The molecule has 0 saturated heterocycles. The van der Waals surface area contributed by atoms with E-state index >= 15 is 0 Å². The molecule has 0 bridgehead atoms. The van der Waals surface area contributed by atoms with Crippen LogP contribution in [-0.4, -0.2) is 21.5 Å². The quantitative estimate of drug-likeness (QED) is 0.867. The maximum atomic E-state index is 5.76. The molecule has 0 aliphatic rings. The van der Waals surface area contributed by atoms with Gasteiger partial charge in [0.05, 0.1) is 5.69 Å². The molecule has 4 heteroatoms. The molecule has 0 aliphatic carbocycles. The number of nitrogens with zero attached hydrogens (tertiary/aromatic N) is 2. The Morgan fingerprint density at radius 2 is 2.17 bits per heavy atom. The lowest BCUT2D eigenvalue weighted by molar-refractivity contribution is 0.369. The van der Waals surface area contributed by atoms with Crippen molar-refractivity contribution in [2.24, 2.45) is 11.1 Å². The van der Waals surface area contributed by atoms with Gasteiger partial charge in [-0.2, -0.15) is 0 Å². The molecule has 3 N–H and O–H groups in total. The maximum Gasteiger partial charge on any atom is 0.107 e. The molecule has 0 saturated carbocycles. The molecule has 0 aliphatic heterocycles. The summed E-state index contributed by atoms with van der Waals surface area (Å²) >= 11 is 0. The Morgan fingerprint density at radius 1 is 1.39 bits per heavy atom. The van der Waals surface area contributed by atoms with Crippen LogP contribution in [0.3, 0.4) is 0 Å². The van der Waals surface area contributed by atoms with Crippen LogP contribution in [0.5, 0.6) is 0 Å². The van der Waals surface area contributed by atoms with Gasteiger partial charge in [0.2, 0.25) is 0 Å². The first-order valence-electron chi connectivity index (χ1n) is 6.18. The van der Waals surface area contributed by atoms with Gasteiger partial charge >= 0.3 is 0 Å². The average molecular weight is 244 g/mol. The fourth-order valence-electron chi connectivity index (χ4n) is 1.92. The molecule has 2 rings (SSSR count). The molecule has 2 heterocycles. The number of aromatic amines is 1. The number of H-pyrrole nitrogens is 1. The monoisotopic (exact) mass is 244 g/mol. The Kier molecular flexibility index (Phi) is 3.48. The smallest absolute Gasteiger partial charge is 0.107 e. The van der Waals surface area contributed by atoms with Crippen LogP contribution in [-0.2, 0) is 6.42 Å². The third kappa shape index (κ3) is 2.76. The Morgan fingerprint density at radius 3 is 2.78 bits per heavy atom. The topological polar surface area (TPSA) is 67.6 Å². The lowest BCUT2D eigenvalue weighted by Crippen LogP contribution is -2.26. The second-order valence-electron chi connectivity index (χ2n) is 5.44. The predicted molar refractivity (Wildman–Crippen MR) is 73.1 cm³/mol. The van der Waals surface area contributed by atoms with E-state index in [1.807, 2.05) is 25.3 Å². The van der Waals surface area contributed by atoms with Crippen LogP contribution in [0.4, 0.5) is 0 Å². The van der Waals surface area contributed by atoms with E-state index in [0.717, 1.165) is 29.2 Å². The fraction of sp³-hybridized carbons (Fsp3) is 0.429. The molecule has 2 aromatic heterocycles. The summed E-state index contributed by atoms with van der Waals surface area (Å²) in [5.41, 5.74) is 8.92. The van der Waals surface area contributed by atoms with Crippen LogP contribution >= 0.6 is 0 Å². The maximum absolute atomic E-state index is 5.76. The predicted octanol–water partition coefficient (Wildman–Crippen LogP) is 2.31.